The first-order chi connectivity index (χ1) is 11.6. The Balaban J connectivity index is 1.44. The van der Waals surface area contributed by atoms with Gasteiger partial charge in [-0.2, -0.15) is 5.10 Å². The Morgan fingerprint density at radius 2 is 2.21 bits per heavy atom. The molecule has 0 bridgehead atoms. The molecule has 124 valence electrons. The van der Waals surface area contributed by atoms with E-state index in [1.54, 1.807) is 18.6 Å². The smallest absolute Gasteiger partial charge is 0.322 e. The predicted molar refractivity (Wildman–Crippen MR) is 80.7 cm³/mol. The topological polar surface area (TPSA) is 131 Å². The molecule has 0 aliphatic carbocycles. The van der Waals surface area contributed by atoms with Gasteiger partial charge in [0, 0.05) is 19.2 Å². The summed E-state index contributed by atoms with van der Waals surface area (Å²) in [4.78, 5) is 42.2. The van der Waals surface area contributed by atoms with Crippen molar-refractivity contribution in [2.45, 2.75) is 25.4 Å². The Bertz CT molecular complexity index is 742. The van der Waals surface area contributed by atoms with Crippen molar-refractivity contribution in [1.82, 2.24) is 35.7 Å². The third-order valence-corrected chi connectivity index (χ3v) is 3.47. The third-order valence-electron chi connectivity index (χ3n) is 3.47. The predicted octanol–water partition coefficient (Wildman–Crippen LogP) is -0.733. The van der Waals surface area contributed by atoms with Gasteiger partial charge in [-0.15, -0.1) is 0 Å². The molecule has 2 aromatic heterocycles. The first-order valence-corrected chi connectivity index (χ1v) is 7.30. The van der Waals surface area contributed by atoms with Gasteiger partial charge in [-0.25, -0.2) is 19.4 Å². The minimum absolute atomic E-state index is 0.142. The van der Waals surface area contributed by atoms with E-state index in [-0.39, 0.29) is 18.7 Å². The number of hydrogen-bond donors (Lipinski definition) is 3. The van der Waals surface area contributed by atoms with Gasteiger partial charge in [0.1, 0.15) is 18.7 Å². The van der Waals surface area contributed by atoms with E-state index in [4.69, 9.17) is 0 Å². The summed E-state index contributed by atoms with van der Waals surface area (Å²) in [5.41, 5.74) is 0.833. The van der Waals surface area contributed by atoms with Crippen LogP contribution in [0.2, 0.25) is 0 Å². The highest BCUT2D eigenvalue weighted by Gasteiger charge is 2.29. The van der Waals surface area contributed by atoms with E-state index < -0.39 is 18.0 Å². The highest BCUT2D eigenvalue weighted by atomic mass is 16.2. The SMILES string of the molecule is O=C(CC[C@@H]1NC(=O)NC1=O)NCc1ccc(-n2cncn2)nc1. The lowest BCUT2D eigenvalue weighted by Gasteiger charge is -2.08. The Kier molecular flexibility index (Phi) is 4.45. The molecule has 1 aliphatic heterocycles. The average molecular weight is 329 g/mol. The van der Waals surface area contributed by atoms with Crippen LogP contribution in [-0.4, -0.2) is 43.6 Å². The van der Waals surface area contributed by atoms with Crippen LogP contribution in [-0.2, 0) is 16.1 Å². The maximum Gasteiger partial charge on any atom is 0.322 e. The van der Waals surface area contributed by atoms with Crippen LogP contribution in [0.4, 0.5) is 4.79 Å². The highest BCUT2D eigenvalue weighted by Crippen LogP contribution is 2.05. The van der Waals surface area contributed by atoms with Crippen molar-refractivity contribution in [3.05, 3.63) is 36.5 Å². The molecule has 0 unspecified atom stereocenters. The molecule has 3 heterocycles. The van der Waals surface area contributed by atoms with Gasteiger partial charge in [0.15, 0.2) is 5.82 Å². The molecule has 1 aliphatic rings. The molecule has 0 radical (unpaired) electrons. The molecule has 10 heteroatoms. The van der Waals surface area contributed by atoms with E-state index in [2.05, 4.69) is 31.0 Å². The summed E-state index contributed by atoms with van der Waals surface area (Å²) in [7, 11) is 0. The van der Waals surface area contributed by atoms with E-state index in [0.29, 0.717) is 12.4 Å². The summed E-state index contributed by atoms with van der Waals surface area (Å²) in [5.74, 6) is 0.0237. The maximum absolute atomic E-state index is 11.8. The summed E-state index contributed by atoms with van der Waals surface area (Å²) in [6.45, 7) is 0.326. The van der Waals surface area contributed by atoms with Crippen LogP contribution < -0.4 is 16.0 Å². The number of carbonyl (C=O) groups is 3. The minimum atomic E-state index is -0.646. The van der Waals surface area contributed by atoms with Gasteiger partial charge >= 0.3 is 6.03 Å². The molecule has 3 rings (SSSR count). The minimum Gasteiger partial charge on any atom is -0.352 e. The van der Waals surface area contributed by atoms with Gasteiger partial charge in [0.2, 0.25) is 5.91 Å². The fourth-order valence-electron chi connectivity index (χ4n) is 2.21. The molecule has 10 nitrogen and oxygen atoms in total. The zero-order chi connectivity index (χ0) is 16.9. The summed E-state index contributed by atoms with van der Waals surface area (Å²) in [6, 6.07) is 2.43. The second-order valence-corrected chi connectivity index (χ2v) is 5.20. The van der Waals surface area contributed by atoms with Crippen molar-refractivity contribution in [2.24, 2.45) is 0 Å². The number of urea groups is 1. The summed E-state index contributed by atoms with van der Waals surface area (Å²) >= 11 is 0. The zero-order valence-corrected chi connectivity index (χ0v) is 12.6. The number of imide groups is 1. The molecular formula is C14H15N7O3. The average Bonchev–Trinajstić information content (AvgIpc) is 3.21. The van der Waals surface area contributed by atoms with Crippen molar-refractivity contribution in [3.8, 4) is 5.82 Å². The van der Waals surface area contributed by atoms with Crippen molar-refractivity contribution in [3.63, 3.8) is 0 Å². The molecule has 2 aromatic rings. The van der Waals surface area contributed by atoms with Crippen LogP contribution in [0.25, 0.3) is 5.82 Å². The summed E-state index contributed by atoms with van der Waals surface area (Å²) in [6.07, 6.45) is 5.00. The molecule has 1 saturated heterocycles. The molecule has 0 spiro atoms. The summed E-state index contributed by atoms with van der Waals surface area (Å²) in [5, 5.41) is 11.3. The van der Waals surface area contributed by atoms with Gasteiger partial charge < -0.3 is 10.6 Å². The highest BCUT2D eigenvalue weighted by molar-refractivity contribution is 6.04. The third kappa shape index (κ3) is 3.72. The monoisotopic (exact) mass is 329 g/mol. The molecule has 24 heavy (non-hydrogen) atoms. The standard InChI is InChI=1S/C14H15N7O3/c22-12(4-2-10-13(23)20-14(24)19-10)17-6-9-1-3-11(16-5-9)21-8-15-7-18-21/h1,3,5,7-8,10H,2,4,6H2,(H,17,22)(H2,19,20,23,24)/t10-/m0/s1. The van der Waals surface area contributed by atoms with Crippen LogP contribution in [0.1, 0.15) is 18.4 Å². The van der Waals surface area contributed by atoms with E-state index >= 15 is 0 Å². The number of aromatic nitrogens is 4. The number of rotatable bonds is 6. The van der Waals surface area contributed by atoms with Gasteiger partial charge in [0.25, 0.3) is 5.91 Å². The van der Waals surface area contributed by atoms with Crippen molar-refractivity contribution in [2.75, 3.05) is 0 Å². The number of amides is 4. The normalized spacial score (nSPS) is 16.6. The molecule has 3 N–H and O–H groups in total. The molecule has 0 aromatic carbocycles. The number of hydrogen-bond acceptors (Lipinski definition) is 6. The first kappa shape index (κ1) is 15.6. The van der Waals surface area contributed by atoms with Crippen molar-refractivity contribution in [1.29, 1.82) is 0 Å². The van der Waals surface area contributed by atoms with E-state index in [1.807, 2.05) is 6.07 Å². The van der Waals surface area contributed by atoms with E-state index in [9.17, 15) is 14.4 Å². The lowest BCUT2D eigenvalue weighted by molar-refractivity contribution is -0.122. The molecule has 4 amide bonds. The fraction of sp³-hybridized carbons (Fsp3) is 0.286. The van der Waals surface area contributed by atoms with Gasteiger partial charge in [-0.1, -0.05) is 6.07 Å². The quantitative estimate of drug-likeness (QED) is 0.599. The largest absolute Gasteiger partial charge is 0.352 e. The maximum atomic E-state index is 11.8. The zero-order valence-electron chi connectivity index (χ0n) is 12.6. The van der Waals surface area contributed by atoms with E-state index in [1.165, 1.54) is 11.0 Å². The lowest BCUT2D eigenvalue weighted by Crippen LogP contribution is -2.31. The Labute approximate surface area is 136 Å². The van der Waals surface area contributed by atoms with E-state index in [0.717, 1.165) is 5.56 Å². The second-order valence-electron chi connectivity index (χ2n) is 5.20. The molecule has 1 atom stereocenters. The summed E-state index contributed by atoms with van der Waals surface area (Å²) < 4.78 is 1.53. The van der Waals surface area contributed by atoms with Crippen LogP contribution in [0, 0.1) is 0 Å². The van der Waals surface area contributed by atoms with Crippen LogP contribution >= 0.6 is 0 Å². The van der Waals surface area contributed by atoms with Gasteiger partial charge in [-0.05, 0) is 18.1 Å². The van der Waals surface area contributed by atoms with Gasteiger partial charge in [-0.3, -0.25) is 14.9 Å². The van der Waals surface area contributed by atoms with Crippen molar-refractivity contribution >= 4 is 17.8 Å². The Morgan fingerprint density at radius 1 is 1.33 bits per heavy atom. The molecular weight excluding hydrogens is 314 g/mol. The number of pyridine rings is 1. The first-order valence-electron chi connectivity index (χ1n) is 7.30. The lowest BCUT2D eigenvalue weighted by atomic mass is 10.1. The van der Waals surface area contributed by atoms with Crippen LogP contribution in [0.3, 0.4) is 0 Å². The number of carbonyl (C=O) groups excluding carboxylic acids is 3. The fourth-order valence-corrected chi connectivity index (χ4v) is 2.21. The Morgan fingerprint density at radius 3 is 2.83 bits per heavy atom. The molecule has 1 fully saturated rings. The van der Waals surface area contributed by atoms with Crippen LogP contribution in [0.5, 0.6) is 0 Å². The number of nitrogens with zero attached hydrogens (tertiary/aromatic N) is 4. The molecule has 0 saturated carbocycles. The number of nitrogens with one attached hydrogen (secondary N) is 3. The Hall–Kier alpha value is -3.30. The second kappa shape index (κ2) is 6.86. The van der Waals surface area contributed by atoms with Crippen molar-refractivity contribution < 1.29 is 14.4 Å². The van der Waals surface area contributed by atoms with Crippen LogP contribution in [0.15, 0.2) is 31.0 Å². The van der Waals surface area contributed by atoms with Gasteiger partial charge in [0.05, 0.1) is 0 Å².